The van der Waals surface area contributed by atoms with E-state index < -0.39 is 0 Å². The predicted octanol–water partition coefficient (Wildman–Crippen LogP) is 7.18. The van der Waals surface area contributed by atoms with Crippen LogP contribution in [0.2, 0.25) is 0 Å². The molecular weight excluding hydrogens is 416 g/mol. The lowest BCUT2D eigenvalue weighted by molar-refractivity contribution is -0.111. The van der Waals surface area contributed by atoms with Crippen molar-refractivity contribution in [1.29, 1.82) is 0 Å². The van der Waals surface area contributed by atoms with E-state index in [0.29, 0.717) is 5.76 Å². The maximum atomic E-state index is 12.4. The highest BCUT2D eigenvalue weighted by molar-refractivity contribution is 7.21. The summed E-state index contributed by atoms with van der Waals surface area (Å²) in [5.74, 6) is 1.19. The molecule has 5 aromatic rings. The van der Waals surface area contributed by atoms with Crippen LogP contribution in [0.15, 0.2) is 95.4 Å². The van der Waals surface area contributed by atoms with Gasteiger partial charge in [-0.2, -0.15) is 0 Å². The topological polar surface area (TPSA) is 55.1 Å². The molecule has 0 fully saturated rings. The number of aryl methyl sites for hydroxylation is 1. The van der Waals surface area contributed by atoms with Crippen LogP contribution in [0.4, 0.5) is 5.69 Å². The van der Waals surface area contributed by atoms with Gasteiger partial charge in [-0.25, -0.2) is 4.98 Å². The summed E-state index contributed by atoms with van der Waals surface area (Å²) in [6.07, 6.45) is 3.15. The molecule has 1 N–H and O–H groups in total. The Labute approximate surface area is 189 Å². The second kappa shape index (κ2) is 8.65. The van der Waals surface area contributed by atoms with Gasteiger partial charge >= 0.3 is 0 Å². The van der Waals surface area contributed by atoms with Crippen molar-refractivity contribution in [2.75, 3.05) is 5.32 Å². The van der Waals surface area contributed by atoms with Gasteiger partial charge in [0.15, 0.2) is 0 Å². The summed E-state index contributed by atoms with van der Waals surface area (Å²) in [5.41, 5.74) is 4.80. The quantitative estimate of drug-likeness (QED) is 0.297. The van der Waals surface area contributed by atoms with Crippen LogP contribution in [-0.2, 0) is 4.79 Å². The smallest absolute Gasteiger partial charge is 0.248 e. The molecule has 0 radical (unpaired) electrons. The van der Waals surface area contributed by atoms with Crippen LogP contribution >= 0.6 is 11.3 Å². The molecular formula is C27H20N2O2S. The lowest BCUT2D eigenvalue weighted by Crippen LogP contribution is -2.08. The standard InChI is InChI=1S/C27H20N2O2S/c1-18-17-20(27-29-23-9-5-6-10-25(23)32-27)11-14-22(18)28-26(30)16-13-21-12-15-24(31-21)19-7-3-2-4-8-19/h2-17H,1H3,(H,28,30)/b16-13+. The van der Waals surface area contributed by atoms with E-state index in [1.54, 1.807) is 17.4 Å². The summed E-state index contributed by atoms with van der Waals surface area (Å²) in [7, 11) is 0. The van der Waals surface area contributed by atoms with E-state index in [-0.39, 0.29) is 5.91 Å². The van der Waals surface area contributed by atoms with Gasteiger partial charge < -0.3 is 9.73 Å². The Balaban J connectivity index is 1.28. The number of hydrogen-bond acceptors (Lipinski definition) is 4. The molecule has 0 aliphatic carbocycles. The fourth-order valence-corrected chi connectivity index (χ4v) is 4.43. The van der Waals surface area contributed by atoms with Crippen molar-refractivity contribution < 1.29 is 9.21 Å². The van der Waals surface area contributed by atoms with Gasteiger partial charge in [-0.1, -0.05) is 42.5 Å². The minimum absolute atomic E-state index is 0.210. The van der Waals surface area contributed by atoms with Gasteiger partial charge in [0.25, 0.3) is 0 Å². The number of para-hydroxylation sites is 1. The normalized spacial score (nSPS) is 11.3. The molecule has 0 saturated heterocycles. The van der Waals surface area contributed by atoms with Crippen LogP contribution in [0.1, 0.15) is 11.3 Å². The fraction of sp³-hybridized carbons (Fsp3) is 0.0370. The number of rotatable bonds is 5. The summed E-state index contributed by atoms with van der Waals surface area (Å²) in [6.45, 7) is 1.98. The number of aromatic nitrogens is 1. The first-order chi connectivity index (χ1) is 15.7. The van der Waals surface area contributed by atoms with Crippen molar-refractivity contribution >= 4 is 39.2 Å². The second-order valence-corrected chi connectivity index (χ2v) is 8.44. The second-order valence-electron chi connectivity index (χ2n) is 7.41. The van der Waals surface area contributed by atoms with Crippen LogP contribution in [0, 0.1) is 6.92 Å². The Kier molecular flexibility index (Phi) is 5.40. The molecule has 0 aliphatic heterocycles. The average Bonchev–Trinajstić information content (AvgIpc) is 3.47. The van der Waals surface area contributed by atoms with Crippen molar-refractivity contribution in [2.24, 2.45) is 0 Å². The molecule has 5 heteroatoms. The number of carbonyl (C=O) groups excluding carboxylic acids is 1. The number of hydrogen-bond donors (Lipinski definition) is 1. The SMILES string of the molecule is Cc1cc(-c2nc3ccccc3s2)ccc1NC(=O)/C=C/c1ccc(-c2ccccc2)o1. The van der Waals surface area contributed by atoms with E-state index in [4.69, 9.17) is 9.40 Å². The Morgan fingerprint density at radius 3 is 2.56 bits per heavy atom. The molecule has 2 heterocycles. The van der Waals surface area contributed by atoms with E-state index in [1.807, 2.05) is 79.7 Å². The number of fused-ring (bicyclic) bond motifs is 1. The van der Waals surface area contributed by atoms with Gasteiger partial charge in [-0.3, -0.25) is 4.79 Å². The molecule has 5 rings (SSSR count). The highest BCUT2D eigenvalue weighted by Crippen LogP contribution is 2.32. The Hall–Kier alpha value is -3.96. The number of nitrogens with zero attached hydrogens (tertiary/aromatic N) is 1. The summed E-state index contributed by atoms with van der Waals surface area (Å²) in [5, 5.41) is 3.91. The molecule has 4 nitrogen and oxygen atoms in total. The van der Waals surface area contributed by atoms with Crippen molar-refractivity contribution in [3.05, 3.63) is 102 Å². The highest BCUT2D eigenvalue weighted by atomic mass is 32.1. The Bertz CT molecular complexity index is 1400. The Morgan fingerprint density at radius 1 is 0.938 bits per heavy atom. The Morgan fingerprint density at radius 2 is 1.75 bits per heavy atom. The lowest BCUT2D eigenvalue weighted by Gasteiger charge is -2.07. The van der Waals surface area contributed by atoms with E-state index in [0.717, 1.165) is 43.4 Å². The monoisotopic (exact) mass is 436 g/mol. The first kappa shape index (κ1) is 20.0. The maximum absolute atomic E-state index is 12.4. The number of thiazole rings is 1. The first-order valence-corrected chi connectivity index (χ1v) is 11.1. The van der Waals surface area contributed by atoms with Crippen molar-refractivity contribution in [2.45, 2.75) is 6.92 Å². The molecule has 156 valence electrons. The summed E-state index contributed by atoms with van der Waals surface area (Å²) >= 11 is 1.66. The van der Waals surface area contributed by atoms with Crippen LogP contribution < -0.4 is 5.32 Å². The minimum atomic E-state index is -0.210. The largest absolute Gasteiger partial charge is 0.457 e. The number of nitrogens with one attached hydrogen (secondary N) is 1. The van der Waals surface area contributed by atoms with Crippen LogP contribution in [-0.4, -0.2) is 10.9 Å². The van der Waals surface area contributed by atoms with E-state index in [1.165, 1.54) is 6.08 Å². The fourth-order valence-electron chi connectivity index (χ4n) is 3.46. The minimum Gasteiger partial charge on any atom is -0.457 e. The molecule has 1 amide bonds. The van der Waals surface area contributed by atoms with Gasteiger partial charge in [0.2, 0.25) is 5.91 Å². The van der Waals surface area contributed by atoms with Gasteiger partial charge in [0.05, 0.1) is 10.2 Å². The van der Waals surface area contributed by atoms with Gasteiger partial charge in [-0.15, -0.1) is 11.3 Å². The number of amides is 1. The number of furan rings is 1. The zero-order valence-electron chi connectivity index (χ0n) is 17.4. The van der Waals surface area contributed by atoms with Gasteiger partial charge in [0.1, 0.15) is 16.5 Å². The molecule has 0 saturated carbocycles. The predicted molar refractivity (Wildman–Crippen MR) is 132 cm³/mol. The van der Waals surface area contributed by atoms with Gasteiger partial charge in [-0.05, 0) is 61.0 Å². The number of benzene rings is 3. The molecule has 0 aliphatic rings. The van der Waals surface area contributed by atoms with Crippen molar-refractivity contribution in [3.8, 4) is 21.9 Å². The number of carbonyl (C=O) groups is 1. The third kappa shape index (κ3) is 4.24. The third-order valence-electron chi connectivity index (χ3n) is 5.11. The maximum Gasteiger partial charge on any atom is 0.248 e. The summed E-state index contributed by atoms with van der Waals surface area (Å²) < 4.78 is 6.97. The van der Waals surface area contributed by atoms with E-state index in [9.17, 15) is 4.79 Å². The van der Waals surface area contributed by atoms with E-state index in [2.05, 4.69) is 17.4 Å². The van der Waals surface area contributed by atoms with Gasteiger partial charge in [0, 0.05) is 22.9 Å². The molecule has 2 aromatic heterocycles. The highest BCUT2D eigenvalue weighted by Gasteiger charge is 2.09. The zero-order valence-corrected chi connectivity index (χ0v) is 18.2. The number of anilines is 1. The lowest BCUT2D eigenvalue weighted by atomic mass is 10.1. The molecule has 3 aromatic carbocycles. The van der Waals surface area contributed by atoms with Crippen LogP contribution in [0.3, 0.4) is 0 Å². The van der Waals surface area contributed by atoms with E-state index >= 15 is 0 Å². The van der Waals surface area contributed by atoms with Crippen molar-refractivity contribution in [1.82, 2.24) is 4.98 Å². The summed E-state index contributed by atoms with van der Waals surface area (Å²) in [4.78, 5) is 17.1. The van der Waals surface area contributed by atoms with Crippen LogP contribution in [0.25, 0.3) is 38.2 Å². The zero-order chi connectivity index (χ0) is 21.9. The van der Waals surface area contributed by atoms with Crippen LogP contribution in [0.5, 0.6) is 0 Å². The molecule has 32 heavy (non-hydrogen) atoms. The van der Waals surface area contributed by atoms with Crippen molar-refractivity contribution in [3.63, 3.8) is 0 Å². The first-order valence-electron chi connectivity index (χ1n) is 10.3. The molecule has 0 bridgehead atoms. The average molecular weight is 437 g/mol. The molecule has 0 atom stereocenters. The molecule has 0 spiro atoms. The summed E-state index contributed by atoms with van der Waals surface area (Å²) in [6, 6.07) is 27.7. The third-order valence-corrected chi connectivity index (χ3v) is 6.19. The molecule has 0 unspecified atom stereocenters.